The second kappa shape index (κ2) is 11.2. The van der Waals surface area contributed by atoms with Crippen LogP contribution >= 0.6 is 11.8 Å². The van der Waals surface area contributed by atoms with Crippen molar-refractivity contribution in [1.29, 1.82) is 0 Å². The zero-order valence-electron chi connectivity index (χ0n) is 18.9. The molecule has 4 aromatic rings. The molecule has 0 radical (unpaired) electrons. The van der Waals surface area contributed by atoms with Gasteiger partial charge < -0.3 is 15.0 Å². The summed E-state index contributed by atoms with van der Waals surface area (Å²) in [5, 5.41) is 3.36. The van der Waals surface area contributed by atoms with Gasteiger partial charge in [0.1, 0.15) is 5.75 Å². The van der Waals surface area contributed by atoms with Crippen LogP contribution in [0.3, 0.4) is 0 Å². The summed E-state index contributed by atoms with van der Waals surface area (Å²) in [6.45, 7) is 7.44. The highest BCUT2D eigenvalue weighted by Crippen LogP contribution is 2.31. The number of H-pyrrole nitrogens is 1. The van der Waals surface area contributed by atoms with Crippen LogP contribution in [0.2, 0.25) is 0 Å². The monoisotopic (exact) mass is 482 g/mol. The fourth-order valence-corrected chi connectivity index (χ4v) is 4.34. The van der Waals surface area contributed by atoms with Crippen LogP contribution in [-0.2, 0) is 17.0 Å². The van der Waals surface area contributed by atoms with E-state index in [9.17, 15) is 9.59 Å². The number of para-hydroxylation sites is 1. The normalized spacial score (nSPS) is 10.4. The van der Waals surface area contributed by atoms with Gasteiger partial charge in [0.25, 0.3) is 11.2 Å². The Kier molecular flexibility index (Phi) is 7.60. The van der Waals surface area contributed by atoms with Gasteiger partial charge in [-0.3, -0.25) is 9.59 Å². The van der Waals surface area contributed by atoms with Crippen molar-refractivity contribution in [2.75, 3.05) is 12.4 Å². The lowest BCUT2D eigenvalue weighted by atomic mass is 10.1. The molecule has 0 spiro atoms. The molecule has 0 atom stereocenters. The maximum atomic E-state index is 12.6. The summed E-state index contributed by atoms with van der Waals surface area (Å²) in [6, 6.07) is 24.1. The Morgan fingerprint density at radius 1 is 1.09 bits per heavy atom. The first-order chi connectivity index (χ1) is 17.1. The second-order valence-electron chi connectivity index (χ2n) is 7.57. The number of benzene rings is 3. The lowest BCUT2D eigenvalue weighted by Crippen LogP contribution is -2.15. The molecule has 7 nitrogen and oxygen atoms in total. The van der Waals surface area contributed by atoms with Crippen LogP contribution in [0.15, 0.2) is 88.8 Å². The number of thioether (sulfide) groups is 1. The average molecular weight is 483 g/mol. The minimum atomic E-state index is -0.500. The van der Waals surface area contributed by atoms with Gasteiger partial charge in [0.05, 0.1) is 25.8 Å². The summed E-state index contributed by atoms with van der Waals surface area (Å²) in [4.78, 5) is 35.8. The van der Waals surface area contributed by atoms with E-state index in [0.29, 0.717) is 33.6 Å². The number of nitrogens with zero attached hydrogens (tertiary/aromatic N) is 2. The first-order valence-corrected chi connectivity index (χ1v) is 11.8. The highest BCUT2D eigenvalue weighted by Gasteiger charge is 2.15. The number of carbonyl (C=O) groups is 1. The fourth-order valence-electron chi connectivity index (χ4n) is 3.48. The van der Waals surface area contributed by atoms with Crippen molar-refractivity contribution in [1.82, 2.24) is 9.97 Å². The van der Waals surface area contributed by atoms with E-state index >= 15 is 0 Å². The van der Waals surface area contributed by atoms with Crippen molar-refractivity contribution >= 4 is 29.0 Å². The molecule has 1 amide bonds. The van der Waals surface area contributed by atoms with Crippen LogP contribution in [0.1, 0.15) is 11.1 Å². The molecule has 8 heteroatoms. The molecule has 0 saturated heterocycles. The van der Waals surface area contributed by atoms with E-state index in [1.54, 1.807) is 31.4 Å². The number of hydrogen-bond acceptors (Lipinski definition) is 5. The molecule has 2 N–H and O–H groups in total. The first-order valence-electron chi connectivity index (χ1n) is 10.8. The minimum absolute atomic E-state index is 0.0730. The summed E-state index contributed by atoms with van der Waals surface area (Å²) >= 11 is 1.32. The van der Waals surface area contributed by atoms with Crippen molar-refractivity contribution < 1.29 is 9.53 Å². The summed E-state index contributed by atoms with van der Waals surface area (Å²) < 4.78 is 5.27. The number of amides is 1. The molecule has 0 fully saturated rings. The number of aromatic amines is 1. The molecular formula is C27H22N4O3S. The number of methoxy groups -OCH3 is 1. The molecule has 0 bridgehead atoms. The number of carbonyl (C=O) groups excluding carboxylic acids is 1. The Balaban J connectivity index is 1.54. The zero-order valence-corrected chi connectivity index (χ0v) is 19.8. The largest absolute Gasteiger partial charge is 0.497 e. The lowest BCUT2D eigenvalue weighted by molar-refractivity contribution is -0.115. The van der Waals surface area contributed by atoms with Gasteiger partial charge in [0.15, 0.2) is 5.16 Å². The lowest BCUT2D eigenvalue weighted by Gasteiger charge is -2.12. The fraction of sp³-hybridized carbons (Fsp3) is 0.111. The zero-order chi connectivity index (χ0) is 24.6. The van der Waals surface area contributed by atoms with Crippen molar-refractivity contribution in [3.05, 3.63) is 112 Å². The predicted octanol–water partition coefficient (Wildman–Crippen LogP) is 5.47. The highest BCUT2D eigenvalue weighted by atomic mass is 32.2. The van der Waals surface area contributed by atoms with Crippen LogP contribution in [0.25, 0.3) is 16.1 Å². The minimum Gasteiger partial charge on any atom is -0.497 e. The number of aromatic nitrogens is 2. The van der Waals surface area contributed by atoms with Gasteiger partial charge in [-0.05, 0) is 34.9 Å². The van der Waals surface area contributed by atoms with E-state index in [1.165, 1.54) is 11.8 Å². The van der Waals surface area contributed by atoms with E-state index in [1.807, 2.05) is 54.6 Å². The third kappa shape index (κ3) is 5.96. The Morgan fingerprint density at radius 2 is 1.86 bits per heavy atom. The SMILES string of the molecule is [C-]#[N+]c1c(-c2cccc(OC)c2)nc(SCc2ccccc2NC(=O)Cc2ccccc2)[nH]c1=O. The summed E-state index contributed by atoms with van der Waals surface area (Å²) in [5.41, 5.74) is 2.87. The molecule has 0 unspecified atom stereocenters. The van der Waals surface area contributed by atoms with E-state index in [4.69, 9.17) is 11.3 Å². The van der Waals surface area contributed by atoms with Crippen molar-refractivity contribution in [3.8, 4) is 17.0 Å². The van der Waals surface area contributed by atoms with Crippen LogP contribution in [0.5, 0.6) is 5.75 Å². The topological polar surface area (TPSA) is 88.4 Å². The Bertz CT molecular complexity index is 1440. The summed E-state index contributed by atoms with van der Waals surface area (Å²) in [7, 11) is 1.55. The molecule has 0 aliphatic rings. The molecule has 1 aromatic heterocycles. The summed E-state index contributed by atoms with van der Waals surface area (Å²) in [5.74, 6) is 0.955. The van der Waals surface area contributed by atoms with Gasteiger partial charge in [0.2, 0.25) is 5.91 Å². The molecule has 0 saturated carbocycles. The quantitative estimate of drug-likeness (QED) is 0.198. The number of ether oxygens (including phenoxy) is 1. The van der Waals surface area contributed by atoms with Gasteiger partial charge >= 0.3 is 0 Å². The van der Waals surface area contributed by atoms with Crippen LogP contribution < -0.4 is 15.6 Å². The smallest absolute Gasteiger partial charge is 0.276 e. The van der Waals surface area contributed by atoms with Crippen LogP contribution in [-0.4, -0.2) is 23.0 Å². The van der Waals surface area contributed by atoms with E-state index in [-0.39, 0.29) is 18.0 Å². The predicted molar refractivity (Wildman–Crippen MR) is 138 cm³/mol. The molecule has 174 valence electrons. The van der Waals surface area contributed by atoms with Gasteiger partial charge in [-0.1, -0.05) is 72.4 Å². The average Bonchev–Trinajstić information content (AvgIpc) is 2.88. The first kappa shape index (κ1) is 23.8. The van der Waals surface area contributed by atoms with Crippen molar-refractivity contribution in [2.24, 2.45) is 0 Å². The van der Waals surface area contributed by atoms with Gasteiger partial charge in [-0.2, -0.15) is 0 Å². The Labute approximate surface area is 207 Å². The molecule has 4 rings (SSSR count). The molecule has 0 aliphatic carbocycles. The van der Waals surface area contributed by atoms with E-state index in [0.717, 1.165) is 11.1 Å². The molecule has 3 aromatic carbocycles. The number of nitrogens with one attached hydrogen (secondary N) is 2. The van der Waals surface area contributed by atoms with Gasteiger partial charge in [0, 0.05) is 11.4 Å². The van der Waals surface area contributed by atoms with E-state index < -0.39 is 5.56 Å². The number of rotatable bonds is 8. The van der Waals surface area contributed by atoms with Crippen molar-refractivity contribution in [2.45, 2.75) is 17.3 Å². The molecule has 0 aliphatic heterocycles. The highest BCUT2D eigenvalue weighted by molar-refractivity contribution is 7.98. The molecular weight excluding hydrogens is 460 g/mol. The van der Waals surface area contributed by atoms with Crippen LogP contribution in [0, 0.1) is 6.57 Å². The number of anilines is 1. The van der Waals surface area contributed by atoms with E-state index in [2.05, 4.69) is 20.1 Å². The maximum absolute atomic E-state index is 12.6. The van der Waals surface area contributed by atoms with Gasteiger partial charge in [-0.15, -0.1) is 0 Å². The molecule has 1 heterocycles. The summed E-state index contributed by atoms with van der Waals surface area (Å²) in [6.07, 6.45) is 0.277. The third-order valence-electron chi connectivity index (χ3n) is 5.19. The van der Waals surface area contributed by atoms with Gasteiger partial charge in [-0.25, -0.2) is 9.83 Å². The third-order valence-corrected chi connectivity index (χ3v) is 6.11. The second-order valence-corrected chi connectivity index (χ2v) is 8.53. The number of hydrogen-bond donors (Lipinski definition) is 2. The standard InChI is InChI=1S/C27H22N4O3S/c1-28-25-24(19-12-8-13-21(16-19)34-2)30-27(31-26(25)33)35-17-20-11-6-7-14-22(20)29-23(32)15-18-9-4-3-5-10-18/h3-14,16H,15,17H2,2H3,(H,29,32)(H,30,31,33). The Morgan fingerprint density at radius 3 is 2.63 bits per heavy atom. The maximum Gasteiger partial charge on any atom is 0.276 e. The van der Waals surface area contributed by atoms with Crippen LogP contribution in [0.4, 0.5) is 11.4 Å². The Hall–Kier alpha value is -4.35. The molecule has 35 heavy (non-hydrogen) atoms. The van der Waals surface area contributed by atoms with Crippen molar-refractivity contribution in [3.63, 3.8) is 0 Å².